The molecule has 1 unspecified atom stereocenters. The minimum Gasteiger partial charge on any atom is -0.355 e. The van der Waals surface area contributed by atoms with Crippen LogP contribution < -0.4 is 10.6 Å². The van der Waals surface area contributed by atoms with E-state index in [-0.39, 0.29) is 18.2 Å². The summed E-state index contributed by atoms with van der Waals surface area (Å²) in [4.78, 5) is 23.5. The molecule has 18 heavy (non-hydrogen) atoms. The zero-order chi connectivity index (χ0) is 13.2. The molecular formula is C14H18N2O2. The second kappa shape index (κ2) is 4.80. The smallest absolute Gasteiger partial charge is 0.232 e. The number of benzene rings is 1. The fraction of sp³-hybridized carbons (Fsp3) is 0.429. The van der Waals surface area contributed by atoms with E-state index in [1.807, 2.05) is 38.1 Å². The van der Waals surface area contributed by atoms with E-state index in [2.05, 4.69) is 10.6 Å². The Morgan fingerprint density at radius 2 is 2.17 bits per heavy atom. The van der Waals surface area contributed by atoms with E-state index in [1.54, 1.807) is 0 Å². The van der Waals surface area contributed by atoms with Crippen LogP contribution in [0.1, 0.15) is 25.8 Å². The van der Waals surface area contributed by atoms with E-state index < -0.39 is 5.41 Å². The third kappa shape index (κ3) is 2.37. The second-order valence-corrected chi connectivity index (χ2v) is 4.98. The Bertz CT molecular complexity index is 484. The van der Waals surface area contributed by atoms with Crippen LogP contribution in [0.5, 0.6) is 0 Å². The van der Waals surface area contributed by atoms with Gasteiger partial charge in [-0.1, -0.05) is 25.1 Å². The van der Waals surface area contributed by atoms with Gasteiger partial charge in [0.25, 0.3) is 0 Å². The van der Waals surface area contributed by atoms with E-state index in [4.69, 9.17) is 0 Å². The van der Waals surface area contributed by atoms with Gasteiger partial charge in [-0.05, 0) is 25.0 Å². The topological polar surface area (TPSA) is 58.2 Å². The van der Waals surface area contributed by atoms with Crippen molar-refractivity contribution in [3.05, 3.63) is 29.8 Å². The number of hydrogen-bond acceptors (Lipinski definition) is 2. The molecule has 1 heterocycles. The summed E-state index contributed by atoms with van der Waals surface area (Å²) in [6.45, 7) is 4.27. The van der Waals surface area contributed by atoms with E-state index in [0.29, 0.717) is 6.54 Å². The van der Waals surface area contributed by atoms with Gasteiger partial charge in [0.2, 0.25) is 11.8 Å². The van der Waals surface area contributed by atoms with Gasteiger partial charge in [-0.25, -0.2) is 0 Å². The molecule has 0 spiro atoms. The number of amides is 2. The minimum absolute atomic E-state index is 0.0589. The predicted octanol–water partition coefficient (Wildman–Crippen LogP) is 1.71. The van der Waals surface area contributed by atoms with E-state index in [0.717, 1.165) is 17.7 Å². The molecule has 2 N–H and O–H groups in total. The van der Waals surface area contributed by atoms with Gasteiger partial charge in [0.15, 0.2) is 0 Å². The maximum absolute atomic E-state index is 12.2. The Morgan fingerprint density at radius 1 is 1.44 bits per heavy atom. The molecule has 1 saturated heterocycles. The highest BCUT2D eigenvalue weighted by atomic mass is 16.2. The van der Waals surface area contributed by atoms with Crippen molar-refractivity contribution in [2.24, 2.45) is 5.41 Å². The van der Waals surface area contributed by atoms with Crippen molar-refractivity contribution < 1.29 is 9.59 Å². The molecule has 0 bridgehead atoms. The monoisotopic (exact) mass is 246 g/mol. The number of aryl methyl sites for hydroxylation is 1. The maximum atomic E-state index is 12.2. The lowest BCUT2D eigenvalue weighted by Crippen LogP contribution is -2.35. The number of carbonyl (C=O) groups is 2. The molecule has 2 rings (SSSR count). The van der Waals surface area contributed by atoms with Crippen LogP contribution in [-0.2, 0) is 16.0 Å². The summed E-state index contributed by atoms with van der Waals surface area (Å²) in [5.74, 6) is -0.154. The summed E-state index contributed by atoms with van der Waals surface area (Å²) in [6.07, 6.45) is 1.12. The van der Waals surface area contributed by atoms with Crippen LogP contribution >= 0.6 is 0 Å². The average molecular weight is 246 g/mol. The van der Waals surface area contributed by atoms with Crippen molar-refractivity contribution in [2.45, 2.75) is 26.7 Å². The first kappa shape index (κ1) is 12.6. The highest BCUT2D eigenvalue weighted by molar-refractivity contribution is 6.00. The summed E-state index contributed by atoms with van der Waals surface area (Å²) < 4.78 is 0. The zero-order valence-corrected chi connectivity index (χ0v) is 10.7. The Morgan fingerprint density at radius 3 is 2.78 bits per heavy atom. The zero-order valence-electron chi connectivity index (χ0n) is 10.7. The summed E-state index contributed by atoms with van der Waals surface area (Å²) in [6, 6.07) is 7.74. The second-order valence-electron chi connectivity index (χ2n) is 4.98. The van der Waals surface area contributed by atoms with Gasteiger partial charge >= 0.3 is 0 Å². The summed E-state index contributed by atoms with van der Waals surface area (Å²) in [5, 5.41) is 5.64. The molecule has 1 aliphatic heterocycles. The molecule has 0 aromatic heterocycles. The molecule has 2 amide bonds. The van der Waals surface area contributed by atoms with Crippen LogP contribution in [0.25, 0.3) is 0 Å². The van der Waals surface area contributed by atoms with Gasteiger partial charge in [-0.2, -0.15) is 0 Å². The molecular weight excluding hydrogens is 228 g/mol. The van der Waals surface area contributed by atoms with Gasteiger partial charge in [-0.15, -0.1) is 0 Å². The molecule has 1 atom stereocenters. The number of carbonyl (C=O) groups excluding carboxylic acids is 2. The van der Waals surface area contributed by atoms with Gasteiger partial charge in [0.05, 0.1) is 5.41 Å². The van der Waals surface area contributed by atoms with E-state index >= 15 is 0 Å². The highest BCUT2D eigenvalue weighted by Gasteiger charge is 2.40. The Balaban J connectivity index is 2.14. The van der Waals surface area contributed by atoms with Gasteiger partial charge in [0, 0.05) is 18.7 Å². The van der Waals surface area contributed by atoms with Gasteiger partial charge in [-0.3, -0.25) is 9.59 Å². The van der Waals surface area contributed by atoms with Crippen molar-refractivity contribution in [2.75, 3.05) is 11.9 Å². The fourth-order valence-electron chi connectivity index (χ4n) is 2.16. The van der Waals surface area contributed by atoms with Crippen LogP contribution in [0.15, 0.2) is 24.3 Å². The van der Waals surface area contributed by atoms with E-state index in [1.165, 1.54) is 0 Å². The Kier molecular flexibility index (Phi) is 3.36. The molecule has 0 aliphatic carbocycles. The lowest BCUT2D eigenvalue weighted by molar-refractivity contribution is -0.126. The maximum Gasteiger partial charge on any atom is 0.232 e. The Hall–Kier alpha value is -1.84. The van der Waals surface area contributed by atoms with Crippen molar-refractivity contribution in [3.8, 4) is 0 Å². The number of para-hydroxylation sites is 1. The van der Waals surface area contributed by atoms with Crippen molar-refractivity contribution in [3.63, 3.8) is 0 Å². The van der Waals surface area contributed by atoms with Crippen LogP contribution in [0.4, 0.5) is 5.69 Å². The first-order chi connectivity index (χ1) is 8.55. The summed E-state index contributed by atoms with van der Waals surface area (Å²) in [5.41, 5.74) is 1.30. The lowest BCUT2D eigenvalue weighted by atomic mass is 9.88. The molecule has 1 fully saturated rings. The van der Waals surface area contributed by atoms with Crippen molar-refractivity contribution in [1.82, 2.24) is 5.32 Å². The summed E-state index contributed by atoms with van der Waals surface area (Å²) in [7, 11) is 0. The third-order valence-corrected chi connectivity index (χ3v) is 3.42. The first-order valence-electron chi connectivity index (χ1n) is 6.21. The van der Waals surface area contributed by atoms with Crippen molar-refractivity contribution >= 4 is 17.5 Å². The first-order valence-corrected chi connectivity index (χ1v) is 6.21. The van der Waals surface area contributed by atoms with Crippen LogP contribution in [0.3, 0.4) is 0 Å². The molecule has 1 aliphatic rings. The number of hydrogen-bond donors (Lipinski definition) is 2. The third-order valence-electron chi connectivity index (χ3n) is 3.42. The van der Waals surface area contributed by atoms with Crippen molar-refractivity contribution in [1.29, 1.82) is 0 Å². The molecule has 0 saturated carbocycles. The minimum atomic E-state index is -0.641. The van der Waals surface area contributed by atoms with Gasteiger partial charge < -0.3 is 10.6 Å². The Labute approximate surface area is 107 Å². The van der Waals surface area contributed by atoms with E-state index in [9.17, 15) is 9.59 Å². The molecule has 4 heteroatoms. The lowest BCUT2D eigenvalue weighted by Gasteiger charge is -2.21. The highest BCUT2D eigenvalue weighted by Crippen LogP contribution is 2.28. The molecule has 1 aromatic carbocycles. The molecule has 0 radical (unpaired) electrons. The predicted molar refractivity (Wildman–Crippen MR) is 70.2 cm³/mol. The van der Waals surface area contributed by atoms with Crippen LogP contribution in [0, 0.1) is 5.41 Å². The number of nitrogens with one attached hydrogen (secondary N) is 2. The normalized spacial score (nSPS) is 22.7. The molecule has 4 nitrogen and oxygen atoms in total. The fourth-order valence-corrected chi connectivity index (χ4v) is 2.16. The number of rotatable bonds is 3. The quantitative estimate of drug-likeness (QED) is 0.853. The van der Waals surface area contributed by atoms with Crippen LogP contribution in [0.2, 0.25) is 0 Å². The standard InChI is InChI=1S/C14H18N2O2/c1-3-10-6-4-5-7-11(10)16-13(18)14(2)8-12(17)15-9-14/h4-7H,3,8-9H2,1-2H3,(H,15,17)(H,16,18). The number of anilines is 1. The van der Waals surface area contributed by atoms with Crippen LogP contribution in [-0.4, -0.2) is 18.4 Å². The molecule has 1 aromatic rings. The molecule has 96 valence electrons. The van der Waals surface area contributed by atoms with Gasteiger partial charge in [0.1, 0.15) is 0 Å². The largest absolute Gasteiger partial charge is 0.355 e. The average Bonchev–Trinajstić information content (AvgIpc) is 2.71. The SMILES string of the molecule is CCc1ccccc1NC(=O)C1(C)CNC(=O)C1. The summed E-state index contributed by atoms with van der Waals surface area (Å²) >= 11 is 0.